The van der Waals surface area contributed by atoms with Crippen molar-refractivity contribution in [3.05, 3.63) is 69.2 Å². The number of alkyl halides is 6. The summed E-state index contributed by atoms with van der Waals surface area (Å²) in [6, 6.07) is 6.59. The molecule has 2 heterocycles. The minimum atomic E-state index is -5.03. The molecule has 38 heavy (non-hydrogen) atoms. The molecule has 0 saturated carbocycles. The number of nitrogens with one attached hydrogen (secondary N) is 1. The number of hydrogen-bond acceptors (Lipinski definition) is 3. The van der Waals surface area contributed by atoms with E-state index < -0.39 is 41.0 Å². The van der Waals surface area contributed by atoms with Crippen molar-refractivity contribution in [2.24, 2.45) is 0 Å². The quantitative estimate of drug-likeness (QED) is 0.441. The van der Waals surface area contributed by atoms with Crippen LogP contribution in [-0.2, 0) is 12.4 Å². The molecule has 4 nitrogen and oxygen atoms in total. The number of benzene rings is 2. The zero-order valence-corrected chi connectivity index (χ0v) is 21.9. The van der Waals surface area contributed by atoms with Gasteiger partial charge >= 0.3 is 12.4 Å². The largest absolute Gasteiger partial charge is 0.416 e. The van der Waals surface area contributed by atoms with Gasteiger partial charge < -0.3 is 10.2 Å². The van der Waals surface area contributed by atoms with Crippen molar-refractivity contribution in [1.29, 1.82) is 0 Å². The minimum Gasteiger partial charge on any atom is -0.338 e. The normalized spacial score (nSPS) is 21.9. The maximum absolute atomic E-state index is 13.4. The number of amides is 1. The third-order valence-corrected chi connectivity index (χ3v) is 8.12. The van der Waals surface area contributed by atoms with E-state index in [1.54, 1.807) is 0 Å². The monoisotopic (exact) mass is 561 g/mol. The molecule has 2 aromatic carbocycles. The van der Waals surface area contributed by atoms with Crippen LogP contribution in [0.4, 0.5) is 26.3 Å². The van der Waals surface area contributed by atoms with E-state index in [4.69, 9.17) is 11.6 Å². The Hall–Kier alpha value is -2.30. The third kappa shape index (κ3) is 6.29. The van der Waals surface area contributed by atoms with Gasteiger partial charge in [0.2, 0.25) is 0 Å². The molecule has 1 N–H and O–H groups in total. The minimum absolute atomic E-state index is 0.0331. The van der Waals surface area contributed by atoms with Crippen LogP contribution in [0.15, 0.2) is 36.4 Å². The van der Waals surface area contributed by atoms with Crippen molar-refractivity contribution in [3.8, 4) is 0 Å². The van der Waals surface area contributed by atoms with Crippen LogP contribution in [0.25, 0.3) is 0 Å². The van der Waals surface area contributed by atoms with Crippen LogP contribution in [-0.4, -0.2) is 61.0 Å². The summed E-state index contributed by atoms with van der Waals surface area (Å²) in [6.07, 6.45) is -7.59. The number of halogens is 7. The number of rotatable bonds is 4. The second-order valence-electron chi connectivity index (χ2n) is 10.2. The molecule has 2 saturated heterocycles. The lowest BCUT2D eigenvalue weighted by atomic mass is 9.83. The molecule has 0 unspecified atom stereocenters. The number of carbonyl (C=O) groups excluding carboxylic acids is 1. The van der Waals surface area contributed by atoms with Crippen molar-refractivity contribution < 1.29 is 31.1 Å². The molecule has 2 fully saturated rings. The maximum Gasteiger partial charge on any atom is 0.416 e. The van der Waals surface area contributed by atoms with Crippen molar-refractivity contribution >= 4 is 17.5 Å². The molecule has 2 aliphatic heterocycles. The summed E-state index contributed by atoms with van der Waals surface area (Å²) < 4.78 is 80.5. The van der Waals surface area contributed by atoms with Gasteiger partial charge in [-0.05, 0) is 74.7 Å². The topological polar surface area (TPSA) is 35.6 Å². The van der Waals surface area contributed by atoms with Crippen LogP contribution in [0.2, 0.25) is 5.02 Å². The molecular weight excluding hydrogens is 532 g/mol. The Morgan fingerprint density at radius 1 is 0.974 bits per heavy atom. The van der Waals surface area contributed by atoms with E-state index >= 15 is 0 Å². The van der Waals surface area contributed by atoms with Crippen LogP contribution in [0.3, 0.4) is 0 Å². The highest BCUT2D eigenvalue weighted by Crippen LogP contribution is 2.38. The second kappa shape index (κ2) is 11.1. The summed E-state index contributed by atoms with van der Waals surface area (Å²) in [5.74, 6) is -1.11. The molecular formula is C27H30ClF6N3O. The molecule has 2 aliphatic rings. The first-order chi connectivity index (χ1) is 17.8. The van der Waals surface area contributed by atoms with Crippen molar-refractivity contribution in [1.82, 2.24) is 15.1 Å². The van der Waals surface area contributed by atoms with E-state index in [0.717, 1.165) is 37.1 Å². The summed E-state index contributed by atoms with van der Waals surface area (Å²) in [4.78, 5) is 17.1. The molecule has 0 aromatic heterocycles. The molecule has 0 bridgehead atoms. The molecule has 1 amide bonds. The van der Waals surface area contributed by atoms with Gasteiger partial charge in [0.1, 0.15) is 0 Å². The SMILES string of the molecule is Cc1ccc([C@@H]2CN(C3CCNCC3)CC[C@H]2N(C)C(=O)c2cc(C(F)(F)F)cc(C(F)(F)F)c2)cc1Cl. The van der Waals surface area contributed by atoms with Gasteiger partial charge in [-0.15, -0.1) is 0 Å². The average Bonchev–Trinajstić information content (AvgIpc) is 2.88. The lowest BCUT2D eigenvalue weighted by molar-refractivity contribution is -0.143. The van der Waals surface area contributed by atoms with Crippen molar-refractivity contribution in [3.63, 3.8) is 0 Å². The van der Waals surface area contributed by atoms with E-state index in [1.165, 1.54) is 11.9 Å². The standard InChI is InChI=1S/C27H30ClF6N3O/c1-16-3-4-17(13-23(16)28)22-15-37(21-5-8-35-9-6-21)10-7-24(22)36(2)25(38)18-11-19(26(29,30)31)14-20(12-18)27(32,33)34/h3-4,11-14,21-22,24,35H,5-10,15H2,1-2H3/t22-,24+/m0/s1. The number of piperidine rings is 2. The van der Waals surface area contributed by atoms with Crippen LogP contribution in [0.1, 0.15) is 57.8 Å². The van der Waals surface area contributed by atoms with Crippen molar-refractivity contribution in [2.45, 2.75) is 56.5 Å². The number of likely N-dealkylation sites (tertiary alicyclic amines) is 1. The highest BCUT2D eigenvalue weighted by atomic mass is 35.5. The molecule has 2 atom stereocenters. The van der Waals surface area contributed by atoms with Gasteiger partial charge in [0.25, 0.3) is 5.91 Å². The van der Waals surface area contributed by atoms with E-state index in [1.807, 2.05) is 25.1 Å². The van der Waals surface area contributed by atoms with Gasteiger partial charge in [0.05, 0.1) is 11.1 Å². The summed E-state index contributed by atoms with van der Waals surface area (Å²) in [6.45, 7) is 4.94. The fraction of sp³-hybridized carbons (Fsp3) is 0.519. The number of nitrogens with zero attached hydrogens (tertiary/aromatic N) is 2. The summed E-state index contributed by atoms with van der Waals surface area (Å²) >= 11 is 6.41. The molecule has 208 valence electrons. The number of carbonyl (C=O) groups is 1. The molecule has 11 heteroatoms. The smallest absolute Gasteiger partial charge is 0.338 e. The van der Waals surface area contributed by atoms with E-state index in [9.17, 15) is 31.1 Å². The first kappa shape index (κ1) is 28.7. The van der Waals surface area contributed by atoms with Crippen LogP contribution in [0, 0.1) is 6.92 Å². The predicted octanol–water partition coefficient (Wildman–Crippen LogP) is 6.37. The number of aryl methyl sites for hydroxylation is 1. The van der Waals surface area contributed by atoms with E-state index in [0.29, 0.717) is 42.7 Å². The highest BCUT2D eigenvalue weighted by molar-refractivity contribution is 6.31. The van der Waals surface area contributed by atoms with Crippen LogP contribution >= 0.6 is 11.6 Å². The number of hydrogen-bond donors (Lipinski definition) is 1. The molecule has 4 rings (SSSR count). The lowest BCUT2D eigenvalue weighted by Gasteiger charge is -2.46. The first-order valence-electron chi connectivity index (χ1n) is 12.5. The molecule has 0 aliphatic carbocycles. The van der Waals surface area contributed by atoms with E-state index in [2.05, 4.69) is 10.2 Å². The summed E-state index contributed by atoms with van der Waals surface area (Å²) in [7, 11) is 1.45. The highest BCUT2D eigenvalue weighted by Gasteiger charge is 2.40. The number of likely N-dealkylation sites (N-methyl/N-ethyl adjacent to an activating group) is 1. The van der Waals surface area contributed by atoms with Crippen LogP contribution < -0.4 is 5.32 Å². The Labute approximate surface area is 222 Å². The van der Waals surface area contributed by atoms with Gasteiger partial charge in [0.15, 0.2) is 0 Å². The Morgan fingerprint density at radius 2 is 1.58 bits per heavy atom. The Balaban J connectivity index is 1.68. The fourth-order valence-corrected chi connectivity index (χ4v) is 5.72. The van der Waals surface area contributed by atoms with Crippen LogP contribution in [0.5, 0.6) is 0 Å². The van der Waals surface area contributed by atoms with Gasteiger partial charge in [-0.1, -0.05) is 23.7 Å². The maximum atomic E-state index is 13.4. The zero-order valence-electron chi connectivity index (χ0n) is 21.1. The zero-order chi connectivity index (χ0) is 27.8. The molecule has 0 spiro atoms. The second-order valence-corrected chi connectivity index (χ2v) is 10.6. The Morgan fingerprint density at radius 3 is 2.13 bits per heavy atom. The fourth-order valence-electron chi connectivity index (χ4n) is 5.53. The third-order valence-electron chi connectivity index (χ3n) is 7.71. The van der Waals surface area contributed by atoms with Gasteiger partial charge in [-0.2, -0.15) is 26.3 Å². The molecule has 2 aromatic rings. The Bertz CT molecular complexity index is 1130. The molecule has 0 radical (unpaired) electrons. The van der Waals surface area contributed by atoms with E-state index in [-0.39, 0.29) is 12.0 Å². The average molecular weight is 562 g/mol. The van der Waals surface area contributed by atoms with Crippen molar-refractivity contribution in [2.75, 3.05) is 33.2 Å². The summed E-state index contributed by atoms with van der Waals surface area (Å²) in [5.41, 5.74) is -1.90. The van der Waals surface area contributed by atoms with Gasteiger partial charge in [0, 0.05) is 48.7 Å². The summed E-state index contributed by atoms with van der Waals surface area (Å²) in [5, 5.41) is 3.90. The van der Waals surface area contributed by atoms with Gasteiger partial charge in [-0.3, -0.25) is 9.69 Å². The predicted molar refractivity (Wildman–Crippen MR) is 133 cm³/mol. The Kier molecular flexibility index (Phi) is 8.35. The van der Waals surface area contributed by atoms with Gasteiger partial charge in [-0.25, -0.2) is 0 Å². The first-order valence-corrected chi connectivity index (χ1v) is 12.9. The lowest BCUT2D eigenvalue weighted by Crippen LogP contribution is -2.54.